The summed E-state index contributed by atoms with van der Waals surface area (Å²) in [5, 5.41) is 0. The first kappa shape index (κ1) is 17.3. The van der Waals surface area contributed by atoms with Crippen molar-refractivity contribution in [3.05, 3.63) is 24.3 Å². The Morgan fingerprint density at radius 2 is 1.56 bits per heavy atom. The average molecular weight is 346 g/mol. The Kier molecular flexibility index (Phi) is 5.21. The van der Waals surface area contributed by atoms with Gasteiger partial charge in [-0.3, -0.25) is 19.4 Å². The molecule has 0 aromatic heterocycles. The number of benzene rings is 1. The van der Waals surface area contributed by atoms with E-state index in [2.05, 4.69) is 0 Å². The van der Waals surface area contributed by atoms with Crippen LogP contribution in [-0.2, 0) is 9.59 Å². The van der Waals surface area contributed by atoms with Crippen molar-refractivity contribution in [3.63, 3.8) is 0 Å². The molecule has 0 unspecified atom stereocenters. The van der Waals surface area contributed by atoms with Gasteiger partial charge in [-0.2, -0.15) is 0 Å². The Morgan fingerprint density at radius 3 is 2.16 bits per heavy atom. The molecule has 1 aliphatic carbocycles. The quantitative estimate of drug-likeness (QED) is 0.559. The summed E-state index contributed by atoms with van der Waals surface area (Å²) in [7, 11) is 0. The molecule has 0 bridgehead atoms. The van der Waals surface area contributed by atoms with Crippen LogP contribution >= 0.6 is 0 Å². The fourth-order valence-electron chi connectivity index (χ4n) is 3.26. The van der Waals surface area contributed by atoms with E-state index in [9.17, 15) is 14.4 Å². The van der Waals surface area contributed by atoms with Crippen LogP contribution in [0.1, 0.15) is 32.6 Å². The van der Waals surface area contributed by atoms with Crippen molar-refractivity contribution in [2.24, 2.45) is 0 Å². The number of nitrogens with zero attached hydrogens (tertiary/aromatic N) is 2. The summed E-state index contributed by atoms with van der Waals surface area (Å²) >= 11 is 0. The molecule has 4 amide bonds. The Morgan fingerprint density at radius 1 is 0.960 bits per heavy atom. The molecule has 7 nitrogen and oxygen atoms in total. The van der Waals surface area contributed by atoms with Gasteiger partial charge in [0.2, 0.25) is 0 Å². The second-order valence-electron chi connectivity index (χ2n) is 6.11. The van der Waals surface area contributed by atoms with Gasteiger partial charge >= 0.3 is 17.8 Å². The van der Waals surface area contributed by atoms with E-state index in [1.807, 2.05) is 6.92 Å². The van der Waals surface area contributed by atoms with Crippen molar-refractivity contribution in [1.29, 1.82) is 0 Å². The van der Waals surface area contributed by atoms with Gasteiger partial charge in [-0.05, 0) is 44.0 Å². The zero-order valence-corrected chi connectivity index (χ0v) is 14.3. The van der Waals surface area contributed by atoms with Crippen LogP contribution in [-0.4, -0.2) is 53.4 Å². The molecule has 1 aromatic carbocycles. The van der Waals surface area contributed by atoms with Crippen LogP contribution in [0.3, 0.4) is 0 Å². The molecule has 1 saturated carbocycles. The molecular weight excluding hydrogens is 324 g/mol. The van der Waals surface area contributed by atoms with Crippen LogP contribution in [0.25, 0.3) is 0 Å². The number of rotatable bonds is 7. The van der Waals surface area contributed by atoms with E-state index in [-0.39, 0.29) is 19.2 Å². The highest BCUT2D eigenvalue weighted by Gasteiger charge is 2.47. The lowest BCUT2D eigenvalue weighted by Crippen LogP contribution is -2.40. The van der Waals surface area contributed by atoms with Gasteiger partial charge in [0.05, 0.1) is 13.2 Å². The molecule has 0 radical (unpaired) electrons. The number of amides is 4. The fraction of sp³-hybridized carbons (Fsp3) is 0.500. The van der Waals surface area contributed by atoms with Gasteiger partial charge < -0.3 is 9.47 Å². The van der Waals surface area contributed by atoms with Gasteiger partial charge in [0.1, 0.15) is 18.1 Å². The highest BCUT2D eigenvalue weighted by Crippen LogP contribution is 2.27. The monoisotopic (exact) mass is 346 g/mol. The maximum atomic E-state index is 12.4. The molecule has 0 N–H and O–H groups in total. The topological polar surface area (TPSA) is 76.2 Å². The number of carbonyl (C=O) groups is 3. The van der Waals surface area contributed by atoms with E-state index in [1.165, 1.54) is 0 Å². The van der Waals surface area contributed by atoms with E-state index in [0.29, 0.717) is 12.4 Å². The molecule has 25 heavy (non-hydrogen) atoms. The minimum Gasteiger partial charge on any atom is -0.494 e. The summed E-state index contributed by atoms with van der Waals surface area (Å²) in [6, 6.07) is 6.44. The summed E-state index contributed by atoms with van der Waals surface area (Å²) in [6.07, 6.45) is 3.52. The third-order valence-electron chi connectivity index (χ3n) is 4.49. The normalized spacial score (nSPS) is 18.4. The standard InChI is InChI=1S/C18H22N2O5/c1-2-24-14-7-9-15(10-8-14)25-12-11-19-16(21)17(22)20(18(19)23)13-5-3-4-6-13/h7-10,13H,2-6,11-12H2,1H3. The van der Waals surface area contributed by atoms with E-state index < -0.39 is 17.8 Å². The highest BCUT2D eigenvalue weighted by molar-refractivity contribution is 6.44. The van der Waals surface area contributed by atoms with Crippen molar-refractivity contribution < 1.29 is 23.9 Å². The largest absolute Gasteiger partial charge is 0.494 e. The Balaban J connectivity index is 1.54. The molecule has 1 heterocycles. The van der Waals surface area contributed by atoms with Gasteiger partial charge in [0.15, 0.2) is 0 Å². The zero-order chi connectivity index (χ0) is 17.8. The molecule has 3 rings (SSSR count). The third kappa shape index (κ3) is 3.60. The van der Waals surface area contributed by atoms with Gasteiger partial charge in [0, 0.05) is 6.04 Å². The van der Waals surface area contributed by atoms with E-state index in [0.717, 1.165) is 41.2 Å². The lowest BCUT2D eigenvalue weighted by Gasteiger charge is -2.21. The Hall–Kier alpha value is -2.57. The number of hydrogen-bond donors (Lipinski definition) is 0. The summed E-state index contributed by atoms with van der Waals surface area (Å²) in [6.45, 7) is 2.69. The number of hydrogen-bond acceptors (Lipinski definition) is 5. The first-order chi connectivity index (χ1) is 12.1. The van der Waals surface area contributed by atoms with Crippen molar-refractivity contribution in [1.82, 2.24) is 9.80 Å². The molecule has 1 aliphatic heterocycles. The molecule has 1 aromatic rings. The maximum Gasteiger partial charge on any atom is 0.334 e. The molecule has 7 heteroatoms. The lowest BCUT2D eigenvalue weighted by atomic mass is 10.2. The molecule has 134 valence electrons. The number of urea groups is 1. The van der Waals surface area contributed by atoms with Crippen LogP contribution < -0.4 is 9.47 Å². The smallest absolute Gasteiger partial charge is 0.334 e. The van der Waals surface area contributed by atoms with Gasteiger partial charge in [-0.15, -0.1) is 0 Å². The summed E-state index contributed by atoms with van der Waals surface area (Å²) in [4.78, 5) is 38.7. The van der Waals surface area contributed by atoms with E-state index in [4.69, 9.17) is 9.47 Å². The van der Waals surface area contributed by atoms with Crippen molar-refractivity contribution in [2.45, 2.75) is 38.6 Å². The van der Waals surface area contributed by atoms with Crippen molar-refractivity contribution in [3.8, 4) is 11.5 Å². The van der Waals surface area contributed by atoms with Crippen molar-refractivity contribution in [2.75, 3.05) is 19.8 Å². The second-order valence-corrected chi connectivity index (χ2v) is 6.11. The van der Waals surface area contributed by atoms with Gasteiger partial charge in [-0.1, -0.05) is 12.8 Å². The predicted octanol–water partition coefficient (Wildman–Crippen LogP) is 2.20. The first-order valence-electron chi connectivity index (χ1n) is 8.66. The van der Waals surface area contributed by atoms with Crippen LogP contribution in [0.2, 0.25) is 0 Å². The predicted molar refractivity (Wildman–Crippen MR) is 89.3 cm³/mol. The molecule has 0 spiro atoms. The Bertz CT molecular complexity index is 652. The van der Waals surface area contributed by atoms with Crippen LogP contribution in [0.15, 0.2) is 24.3 Å². The third-order valence-corrected chi connectivity index (χ3v) is 4.49. The zero-order valence-electron chi connectivity index (χ0n) is 14.3. The van der Waals surface area contributed by atoms with Crippen LogP contribution in [0, 0.1) is 0 Å². The Labute approximate surface area is 146 Å². The van der Waals surface area contributed by atoms with Gasteiger partial charge in [0.25, 0.3) is 0 Å². The maximum absolute atomic E-state index is 12.4. The van der Waals surface area contributed by atoms with Crippen LogP contribution in [0.5, 0.6) is 11.5 Å². The number of ether oxygens (including phenoxy) is 2. The molecule has 2 aliphatic rings. The van der Waals surface area contributed by atoms with E-state index >= 15 is 0 Å². The molecular formula is C18H22N2O5. The molecule has 1 saturated heterocycles. The summed E-state index contributed by atoms with van der Waals surface area (Å²) in [5.74, 6) is -0.107. The SMILES string of the molecule is CCOc1ccc(OCCN2C(=O)C(=O)N(C3CCCC3)C2=O)cc1. The first-order valence-corrected chi connectivity index (χ1v) is 8.66. The average Bonchev–Trinajstić information content (AvgIpc) is 3.20. The van der Waals surface area contributed by atoms with E-state index in [1.54, 1.807) is 24.3 Å². The summed E-state index contributed by atoms with van der Waals surface area (Å²) in [5.41, 5.74) is 0. The number of carbonyl (C=O) groups excluding carboxylic acids is 3. The van der Waals surface area contributed by atoms with Crippen LogP contribution in [0.4, 0.5) is 4.79 Å². The second kappa shape index (κ2) is 7.55. The molecule has 0 atom stereocenters. The number of imide groups is 2. The van der Waals surface area contributed by atoms with Crippen molar-refractivity contribution >= 4 is 17.8 Å². The lowest BCUT2D eigenvalue weighted by molar-refractivity contribution is -0.144. The minimum absolute atomic E-state index is 0.0554. The highest BCUT2D eigenvalue weighted by atomic mass is 16.5. The minimum atomic E-state index is -0.757. The fourth-order valence-corrected chi connectivity index (χ4v) is 3.26. The summed E-state index contributed by atoms with van der Waals surface area (Å²) < 4.78 is 10.9. The van der Waals surface area contributed by atoms with Gasteiger partial charge in [-0.25, -0.2) is 4.79 Å². The molecule has 2 fully saturated rings.